The average molecular weight is 113 g/mol. The topological polar surface area (TPSA) is 24.9 Å². The summed E-state index contributed by atoms with van der Waals surface area (Å²) in [5.41, 5.74) is 0. The van der Waals surface area contributed by atoms with Gasteiger partial charge in [-0.15, -0.1) is 0 Å². The van der Waals surface area contributed by atoms with Gasteiger partial charge in [0.1, 0.15) is 0 Å². The van der Waals surface area contributed by atoms with Gasteiger partial charge in [0.05, 0.1) is 5.38 Å². The van der Waals surface area contributed by atoms with Crippen molar-refractivity contribution in [3.8, 4) is 0 Å². The number of hydrogen-bond acceptors (Lipinski definition) is 3. The molecule has 0 bridgehead atoms. The summed E-state index contributed by atoms with van der Waals surface area (Å²) in [4.78, 5) is 3.89. The highest BCUT2D eigenvalue weighted by Gasteiger charge is 1.83. The van der Waals surface area contributed by atoms with Crippen LogP contribution >= 0.6 is 11.3 Å². The third kappa shape index (κ3) is 0.899. The summed E-state index contributed by atoms with van der Waals surface area (Å²) in [5, 5.41) is 6.65. The summed E-state index contributed by atoms with van der Waals surface area (Å²) in [6.45, 7) is 0. The Morgan fingerprint density at radius 3 is 3.14 bits per heavy atom. The Balaban J connectivity index is 2.76. The number of nitrogens with one attached hydrogen (secondary N) is 1. The molecule has 1 heterocycles. The van der Waals surface area contributed by atoms with Crippen LogP contribution in [0.5, 0.6) is 0 Å². The van der Waals surface area contributed by atoms with Crippen LogP contribution in [0.25, 0.3) is 0 Å². The summed E-state index contributed by atoms with van der Waals surface area (Å²) in [6, 6.07) is 0. The molecule has 0 aromatic carbocycles. The Bertz CT molecular complexity index is 124. The van der Waals surface area contributed by atoms with E-state index in [1.807, 2.05) is 7.05 Å². The van der Waals surface area contributed by atoms with Crippen LogP contribution in [-0.4, -0.2) is 12.0 Å². The molecule has 0 atom stereocenters. The first kappa shape index (κ1) is 4.59. The van der Waals surface area contributed by atoms with E-state index in [9.17, 15) is 0 Å². The third-order valence-corrected chi connectivity index (χ3v) is 1.33. The minimum Gasteiger partial charge on any atom is -0.365 e. The minimum atomic E-state index is 0.917. The first-order valence-corrected chi connectivity index (χ1v) is 2.75. The molecule has 0 spiro atoms. The summed E-state index contributed by atoms with van der Waals surface area (Å²) in [5.74, 6) is 0. The number of hydrogen-bond donors (Lipinski definition) is 1. The Hall–Kier alpha value is -0.570. The molecule has 0 aliphatic rings. The van der Waals surface area contributed by atoms with Gasteiger partial charge in [-0.2, -0.15) is 0 Å². The number of aromatic nitrogens is 1. The van der Waals surface area contributed by atoms with Crippen molar-refractivity contribution in [2.45, 2.75) is 0 Å². The smallest absolute Gasteiger partial charge is 0.182 e. The van der Waals surface area contributed by atoms with Gasteiger partial charge in [0.2, 0.25) is 0 Å². The molecular formula is C4H5N2S. The second kappa shape index (κ2) is 1.93. The summed E-state index contributed by atoms with van der Waals surface area (Å²) in [6.07, 6.45) is 1.65. The molecule has 0 aliphatic heterocycles. The van der Waals surface area contributed by atoms with Gasteiger partial charge in [-0.05, 0) is 0 Å². The molecule has 37 valence electrons. The molecule has 1 N–H and O–H groups in total. The Kier molecular flexibility index (Phi) is 1.26. The van der Waals surface area contributed by atoms with E-state index >= 15 is 0 Å². The molecule has 0 saturated carbocycles. The second-order valence-electron chi connectivity index (χ2n) is 1.03. The molecule has 1 rings (SSSR count). The molecule has 0 saturated heterocycles. The highest BCUT2D eigenvalue weighted by molar-refractivity contribution is 7.13. The fourth-order valence-corrected chi connectivity index (χ4v) is 0.734. The molecule has 1 aromatic rings. The molecule has 0 unspecified atom stereocenters. The van der Waals surface area contributed by atoms with Crippen LogP contribution in [0.4, 0.5) is 5.13 Å². The fourth-order valence-electron chi connectivity index (χ4n) is 0.309. The predicted octanol–water partition coefficient (Wildman–Crippen LogP) is 0.985. The molecule has 1 aromatic heterocycles. The molecule has 0 fully saturated rings. The monoisotopic (exact) mass is 113 g/mol. The standard InChI is InChI=1S/C4H5N2S/c1-5-4-6-2-3-7-4/h2H,1H3,(H,5,6). The normalized spacial score (nSPS) is 8.71. The van der Waals surface area contributed by atoms with Crippen molar-refractivity contribution in [1.82, 2.24) is 4.98 Å². The lowest BCUT2D eigenvalue weighted by Crippen LogP contribution is -1.83. The lowest BCUT2D eigenvalue weighted by Gasteiger charge is -1.83. The van der Waals surface area contributed by atoms with E-state index in [1.54, 1.807) is 6.20 Å². The van der Waals surface area contributed by atoms with Gasteiger partial charge in [0.15, 0.2) is 5.13 Å². The first-order valence-electron chi connectivity index (χ1n) is 1.93. The van der Waals surface area contributed by atoms with Gasteiger partial charge < -0.3 is 5.32 Å². The molecule has 3 heteroatoms. The maximum Gasteiger partial charge on any atom is 0.182 e. The van der Waals surface area contributed by atoms with Gasteiger partial charge >= 0.3 is 0 Å². The van der Waals surface area contributed by atoms with Crippen molar-refractivity contribution in [2.75, 3.05) is 12.4 Å². The molecule has 0 aliphatic carbocycles. The van der Waals surface area contributed by atoms with Crippen LogP contribution < -0.4 is 5.32 Å². The van der Waals surface area contributed by atoms with Crippen LogP contribution in [0.1, 0.15) is 0 Å². The van der Waals surface area contributed by atoms with E-state index < -0.39 is 0 Å². The summed E-state index contributed by atoms with van der Waals surface area (Å²) in [7, 11) is 1.84. The van der Waals surface area contributed by atoms with Crippen LogP contribution in [-0.2, 0) is 0 Å². The average Bonchev–Trinajstić information content (AvgIpc) is 2.14. The molecule has 2 nitrogen and oxygen atoms in total. The van der Waals surface area contributed by atoms with Gasteiger partial charge in [-0.3, -0.25) is 0 Å². The van der Waals surface area contributed by atoms with Gasteiger partial charge in [0.25, 0.3) is 0 Å². The zero-order chi connectivity index (χ0) is 5.11. The van der Waals surface area contributed by atoms with Crippen molar-refractivity contribution in [3.63, 3.8) is 0 Å². The zero-order valence-corrected chi connectivity index (χ0v) is 4.75. The second-order valence-corrected chi connectivity index (χ2v) is 1.86. The summed E-state index contributed by atoms with van der Waals surface area (Å²) < 4.78 is 0. The van der Waals surface area contributed by atoms with E-state index in [0.29, 0.717) is 0 Å². The first-order chi connectivity index (χ1) is 3.43. The van der Waals surface area contributed by atoms with Crippen molar-refractivity contribution >= 4 is 16.5 Å². The largest absolute Gasteiger partial charge is 0.365 e. The van der Waals surface area contributed by atoms with Crippen LogP contribution in [0.3, 0.4) is 0 Å². The number of rotatable bonds is 1. The van der Waals surface area contributed by atoms with Crippen LogP contribution in [0.2, 0.25) is 0 Å². The van der Waals surface area contributed by atoms with E-state index in [4.69, 9.17) is 0 Å². The predicted molar refractivity (Wildman–Crippen MR) is 30.5 cm³/mol. The Morgan fingerprint density at radius 1 is 2.00 bits per heavy atom. The highest BCUT2D eigenvalue weighted by atomic mass is 32.1. The SMILES string of the molecule is CNc1nc[c]s1. The van der Waals surface area contributed by atoms with Crippen molar-refractivity contribution in [1.29, 1.82) is 0 Å². The Labute approximate surface area is 46.2 Å². The molecule has 1 radical (unpaired) electrons. The molecule has 0 amide bonds. The Morgan fingerprint density at radius 2 is 2.86 bits per heavy atom. The van der Waals surface area contributed by atoms with Gasteiger partial charge in [-0.25, -0.2) is 4.98 Å². The maximum atomic E-state index is 3.89. The third-order valence-electron chi connectivity index (χ3n) is 0.604. The van der Waals surface area contributed by atoms with Crippen LogP contribution in [0.15, 0.2) is 6.20 Å². The lowest BCUT2D eigenvalue weighted by molar-refractivity contribution is 1.37. The van der Waals surface area contributed by atoms with Crippen LogP contribution in [0, 0.1) is 5.38 Å². The number of nitrogens with zero attached hydrogens (tertiary/aromatic N) is 1. The van der Waals surface area contributed by atoms with E-state index in [0.717, 1.165) is 5.13 Å². The minimum absolute atomic E-state index is 0.917. The fraction of sp³-hybridized carbons (Fsp3) is 0.250. The number of anilines is 1. The zero-order valence-electron chi connectivity index (χ0n) is 3.93. The van der Waals surface area contributed by atoms with E-state index in [2.05, 4.69) is 15.7 Å². The summed E-state index contributed by atoms with van der Waals surface area (Å²) >= 11 is 1.48. The lowest BCUT2D eigenvalue weighted by atomic mass is 11.0. The van der Waals surface area contributed by atoms with Gasteiger partial charge in [0, 0.05) is 13.2 Å². The van der Waals surface area contributed by atoms with Crippen molar-refractivity contribution < 1.29 is 0 Å². The maximum absolute atomic E-state index is 3.89. The van der Waals surface area contributed by atoms with Crippen molar-refractivity contribution in [3.05, 3.63) is 11.6 Å². The quantitative estimate of drug-likeness (QED) is 0.587. The molecular weight excluding hydrogens is 108 g/mol. The molecule has 7 heavy (non-hydrogen) atoms. The highest BCUT2D eigenvalue weighted by Crippen LogP contribution is 2.06. The van der Waals surface area contributed by atoms with E-state index in [-0.39, 0.29) is 0 Å². The van der Waals surface area contributed by atoms with Gasteiger partial charge in [-0.1, -0.05) is 11.3 Å². The van der Waals surface area contributed by atoms with Crippen molar-refractivity contribution in [2.24, 2.45) is 0 Å². The number of thiazole rings is 1. The van der Waals surface area contributed by atoms with E-state index in [1.165, 1.54) is 11.3 Å².